The van der Waals surface area contributed by atoms with Crippen LogP contribution in [0.2, 0.25) is 0 Å². The number of rotatable bonds is 1. The number of β-amino-alcohol motifs (C(OH)–C–C–N with tert-alkyl or cyclic N) is 1. The molecule has 0 aliphatic carbocycles. The number of aliphatic hydroxyl groups excluding tert-OH is 1. The van der Waals surface area contributed by atoms with Crippen molar-refractivity contribution in [3.8, 4) is 0 Å². The molecule has 88 valence electrons. The molecule has 5 nitrogen and oxygen atoms in total. The molecule has 0 aromatic rings. The Labute approximate surface area is 90.2 Å². The first-order chi connectivity index (χ1) is 6.79. The molecule has 1 heterocycles. The molecular formula is C10H20N2O3. The molecule has 0 aromatic heterocycles. The van der Waals surface area contributed by atoms with Gasteiger partial charge in [-0.05, 0) is 27.7 Å². The predicted octanol–water partition coefficient (Wildman–Crippen LogP) is 0.232. The van der Waals surface area contributed by atoms with Crippen LogP contribution < -0.4 is 10.6 Å². The van der Waals surface area contributed by atoms with Crippen molar-refractivity contribution in [3.05, 3.63) is 0 Å². The topological polar surface area (TPSA) is 70.6 Å². The van der Waals surface area contributed by atoms with E-state index in [0.29, 0.717) is 6.54 Å². The lowest BCUT2D eigenvalue weighted by Gasteiger charge is -2.24. The monoisotopic (exact) mass is 216 g/mol. The minimum absolute atomic E-state index is 0.0625. The maximum absolute atomic E-state index is 11.4. The fourth-order valence-electron chi connectivity index (χ4n) is 1.56. The number of carbonyl (C=O) groups is 1. The Morgan fingerprint density at radius 1 is 1.53 bits per heavy atom. The first kappa shape index (κ1) is 12.3. The highest BCUT2D eigenvalue weighted by Gasteiger charge is 2.33. The van der Waals surface area contributed by atoms with Gasteiger partial charge in [-0.2, -0.15) is 0 Å². The minimum Gasteiger partial charge on any atom is -0.444 e. The van der Waals surface area contributed by atoms with Gasteiger partial charge in [0.25, 0.3) is 0 Å². The second-order valence-corrected chi connectivity index (χ2v) is 4.94. The van der Waals surface area contributed by atoms with Crippen LogP contribution in [0.4, 0.5) is 4.79 Å². The maximum atomic E-state index is 11.4. The summed E-state index contributed by atoms with van der Waals surface area (Å²) in [7, 11) is 0. The van der Waals surface area contributed by atoms with Gasteiger partial charge < -0.3 is 20.5 Å². The van der Waals surface area contributed by atoms with E-state index in [0.717, 1.165) is 0 Å². The molecule has 1 amide bonds. The van der Waals surface area contributed by atoms with Crippen molar-refractivity contribution in [3.63, 3.8) is 0 Å². The van der Waals surface area contributed by atoms with Crippen LogP contribution in [0, 0.1) is 0 Å². The molecule has 3 atom stereocenters. The van der Waals surface area contributed by atoms with Crippen LogP contribution in [0.15, 0.2) is 0 Å². The molecule has 1 aliphatic heterocycles. The van der Waals surface area contributed by atoms with E-state index in [-0.39, 0.29) is 12.1 Å². The van der Waals surface area contributed by atoms with Crippen molar-refractivity contribution in [1.82, 2.24) is 10.6 Å². The largest absolute Gasteiger partial charge is 0.444 e. The first-order valence-electron chi connectivity index (χ1n) is 5.20. The number of ether oxygens (including phenoxy) is 1. The molecule has 1 unspecified atom stereocenters. The van der Waals surface area contributed by atoms with Crippen LogP contribution in [0.3, 0.4) is 0 Å². The highest BCUT2D eigenvalue weighted by Crippen LogP contribution is 2.10. The molecule has 1 saturated heterocycles. The van der Waals surface area contributed by atoms with Gasteiger partial charge in [0, 0.05) is 12.6 Å². The second kappa shape index (κ2) is 4.37. The van der Waals surface area contributed by atoms with E-state index >= 15 is 0 Å². The lowest BCUT2D eigenvalue weighted by atomic mass is 10.1. The molecule has 0 aromatic carbocycles. The number of aliphatic hydroxyl groups is 1. The Hall–Kier alpha value is -0.810. The molecule has 1 rings (SSSR count). The lowest BCUT2D eigenvalue weighted by molar-refractivity contribution is 0.0449. The third-order valence-corrected chi connectivity index (χ3v) is 2.29. The summed E-state index contributed by atoms with van der Waals surface area (Å²) < 4.78 is 5.11. The Bertz CT molecular complexity index is 227. The molecule has 5 heteroatoms. The Morgan fingerprint density at radius 3 is 2.53 bits per heavy atom. The third kappa shape index (κ3) is 3.68. The average Bonchev–Trinajstić information content (AvgIpc) is 2.32. The van der Waals surface area contributed by atoms with E-state index in [9.17, 15) is 9.90 Å². The molecule has 0 saturated carbocycles. The first-order valence-corrected chi connectivity index (χ1v) is 5.20. The highest BCUT2D eigenvalue weighted by atomic mass is 16.6. The Kier molecular flexibility index (Phi) is 3.57. The van der Waals surface area contributed by atoms with Gasteiger partial charge in [0.2, 0.25) is 0 Å². The van der Waals surface area contributed by atoms with Crippen LogP contribution in [0.1, 0.15) is 27.7 Å². The number of nitrogens with one attached hydrogen (secondary N) is 2. The van der Waals surface area contributed by atoms with Gasteiger partial charge in [-0.15, -0.1) is 0 Å². The number of amides is 1. The van der Waals surface area contributed by atoms with Crippen molar-refractivity contribution < 1.29 is 14.6 Å². The van der Waals surface area contributed by atoms with Crippen LogP contribution >= 0.6 is 0 Å². The van der Waals surface area contributed by atoms with Gasteiger partial charge in [-0.25, -0.2) is 4.79 Å². The summed E-state index contributed by atoms with van der Waals surface area (Å²) in [6, 6.07) is -0.215. The number of alkyl carbamates (subject to hydrolysis) is 1. The van der Waals surface area contributed by atoms with Crippen molar-refractivity contribution in [2.45, 2.75) is 51.5 Å². The SMILES string of the molecule is CC1NC[C@H](O)[C@H]1NC(=O)OC(C)(C)C. The number of carbonyl (C=O) groups excluding carboxylic acids is 1. The van der Waals surface area contributed by atoms with Crippen molar-refractivity contribution >= 4 is 6.09 Å². The van der Waals surface area contributed by atoms with Gasteiger partial charge in [0.15, 0.2) is 0 Å². The van der Waals surface area contributed by atoms with Crippen molar-refractivity contribution in [2.24, 2.45) is 0 Å². The van der Waals surface area contributed by atoms with Gasteiger partial charge in [0.05, 0.1) is 12.1 Å². The average molecular weight is 216 g/mol. The Balaban J connectivity index is 2.44. The predicted molar refractivity (Wildman–Crippen MR) is 56.6 cm³/mol. The van der Waals surface area contributed by atoms with E-state index < -0.39 is 17.8 Å². The number of hydrogen-bond acceptors (Lipinski definition) is 4. The van der Waals surface area contributed by atoms with E-state index in [1.165, 1.54) is 0 Å². The van der Waals surface area contributed by atoms with E-state index in [1.54, 1.807) is 20.8 Å². The zero-order valence-corrected chi connectivity index (χ0v) is 9.70. The second-order valence-electron chi connectivity index (χ2n) is 4.94. The fraction of sp³-hybridized carbons (Fsp3) is 0.900. The molecule has 1 aliphatic rings. The third-order valence-electron chi connectivity index (χ3n) is 2.29. The minimum atomic E-state index is -0.549. The molecule has 0 spiro atoms. The smallest absolute Gasteiger partial charge is 0.408 e. The van der Waals surface area contributed by atoms with E-state index in [1.807, 2.05) is 6.92 Å². The summed E-state index contributed by atoms with van der Waals surface area (Å²) >= 11 is 0. The van der Waals surface area contributed by atoms with Gasteiger partial charge in [0.1, 0.15) is 5.60 Å². The van der Waals surface area contributed by atoms with Crippen LogP contribution in [0.25, 0.3) is 0 Å². The molecule has 0 radical (unpaired) electrons. The molecule has 15 heavy (non-hydrogen) atoms. The summed E-state index contributed by atoms with van der Waals surface area (Å²) in [4.78, 5) is 11.4. The quantitative estimate of drug-likeness (QED) is 0.587. The van der Waals surface area contributed by atoms with Crippen molar-refractivity contribution in [1.29, 1.82) is 0 Å². The standard InChI is InChI=1S/C10H20N2O3/c1-6-8(7(13)5-11-6)12-9(14)15-10(2,3)4/h6-8,11,13H,5H2,1-4H3,(H,12,14)/t6?,7-,8-/m0/s1. The zero-order chi connectivity index (χ0) is 11.6. The Morgan fingerprint density at radius 2 is 2.13 bits per heavy atom. The van der Waals surface area contributed by atoms with Gasteiger partial charge in [-0.1, -0.05) is 0 Å². The van der Waals surface area contributed by atoms with E-state index in [4.69, 9.17) is 4.74 Å². The lowest BCUT2D eigenvalue weighted by Crippen LogP contribution is -2.48. The van der Waals surface area contributed by atoms with Crippen LogP contribution in [-0.2, 0) is 4.74 Å². The molecule has 1 fully saturated rings. The normalized spacial score (nSPS) is 31.4. The molecule has 3 N–H and O–H groups in total. The summed E-state index contributed by atoms with van der Waals surface area (Å²) in [6.07, 6.45) is -1.03. The highest BCUT2D eigenvalue weighted by molar-refractivity contribution is 5.68. The van der Waals surface area contributed by atoms with E-state index in [2.05, 4.69) is 10.6 Å². The summed E-state index contributed by atoms with van der Waals surface area (Å²) in [6.45, 7) is 7.83. The summed E-state index contributed by atoms with van der Waals surface area (Å²) in [5.41, 5.74) is -0.510. The van der Waals surface area contributed by atoms with Gasteiger partial charge >= 0.3 is 6.09 Å². The molecule has 0 bridgehead atoms. The fourth-order valence-corrected chi connectivity index (χ4v) is 1.56. The summed E-state index contributed by atoms with van der Waals surface area (Å²) in [5, 5.41) is 15.3. The summed E-state index contributed by atoms with van der Waals surface area (Å²) in [5.74, 6) is 0. The van der Waals surface area contributed by atoms with Crippen LogP contribution in [-0.4, -0.2) is 41.5 Å². The zero-order valence-electron chi connectivity index (χ0n) is 9.70. The van der Waals surface area contributed by atoms with Gasteiger partial charge in [-0.3, -0.25) is 0 Å². The number of hydrogen-bond donors (Lipinski definition) is 3. The van der Waals surface area contributed by atoms with Crippen molar-refractivity contribution in [2.75, 3.05) is 6.54 Å². The maximum Gasteiger partial charge on any atom is 0.408 e. The van der Waals surface area contributed by atoms with Crippen LogP contribution in [0.5, 0.6) is 0 Å². The molecular weight excluding hydrogens is 196 g/mol.